The molecule has 13 rings (SSSR count). The topological polar surface area (TPSA) is 66.2 Å². The summed E-state index contributed by atoms with van der Waals surface area (Å²) in [4.78, 5) is 9.32. The number of fused-ring (bicyclic) bond motifs is 10. The Morgan fingerprint density at radius 1 is 0.533 bits per heavy atom. The lowest BCUT2D eigenvalue weighted by Gasteiger charge is -2.58. The first-order valence-electron chi connectivity index (χ1n) is 22.3. The lowest BCUT2D eigenvalue weighted by atomic mass is 9.70. The zero-order valence-corrected chi connectivity index (χ0v) is 34.5. The molecule has 6 saturated heterocycles. The van der Waals surface area contributed by atoms with Gasteiger partial charge in [0.2, 0.25) is 0 Å². The van der Waals surface area contributed by atoms with Crippen LogP contribution in [0.15, 0.2) is 147 Å². The predicted octanol–water partition coefficient (Wildman–Crippen LogP) is 10.4. The Bertz CT molecular complexity index is 2540. The maximum absolute atomic E-state index is 12.6. The van der Waals surface area contributed by atoms with Gasteiger partial charge in [-0.2, -0.15) is 0 Å². The van der Waals surface area contributed by atoms with Crippen LogP contribution in [0.4, 0.5) is 0 Å². The van der Waals surface area contributed by atoms with Crippen molar-refractivity contribution in [3.63, 3.8) is 0 Å². The Labute approximate surface area is 353 Å². The molecule has 6 aliphatic heterocycles. The van der Waals surface area contributed by atoms with Gasteiger partial charge >= 0.3 is 0 Å². The third-order valence-electron chi connectivity index (χ3n) is 16.2. The van der Waals surface area contributed by atoms with Crippen molar-refractivity contribution in [3.8, 4) is 0 Å². The van der Waals surface area contributed by atoms with Crippen LogP contribution in [0.5, 0.6) is 0 Å². The van der Waals surface area contributed by atoms with Gasteiger partial charge in [0.15, 0.2) is 0 Å². The highest BCUT2D eigenvalue weighted by Crippen LogP contribution is 2.52. The molecule has 0 aliphatic carbocycles. The zero-order chi connectivity index (χ0) is 40.6. The SMILES string of the molecule is C=C[C@H]1C[N+]2(Cc3c4ccccc4c(C[N+]45CC[C@H](C[C@H]4[C@H](O)c4ccnc6ccccc46)[C@@H](C=C)C5)c4ccccc34)CC[C@H]1C[C@@H]2[C@H](O)c1ccnc2ccccc12. The number of pyridine rings is 2. The second kappa shape index (κ2) is 14.7. The number of piperidine rings is 6. The minimum atomic E-state index is -0.611. The van der Waals surface area contributed by atoms with Crippen LogP contribution in [-0.2, 0) is 13.1 Å². The quantitative estimate of drug-likeness (QED) is 0.0823. The van der Waals surface area contributed by atoms with Gasteiger partial charge in [-0.05, 0) is 68.8 Å². The third-order valence-corrected chi connectivity index (χ3v) is 16.2. The first-order valence-corrected chi connectivity index (χ1v) is 22.3. The van der Waals surface area contributed by atoms with Crippen molar-refractivity contribution < 1.29 is 19.2 Å². The third kappa shape index (κ3) is 5.90. The molecule has 10 atom stereocenters. The average Bonchev–Trinajstić information content (AvgIpc) is 3.31. The number of nitrogens with zero attached hydrogens (tertiary/aromatic N) is 4. The first kappa shape index (κ1) is 37.7. The molecule has 60 heavy (non-hydrogen) atoms. The van der Waals surface area contributed by atoms with Crippen LogP contribution in [0.25, 0.3) is 43.4 Å². The summed E-state index contributed by atoms with van der Waals surface area (Å²) >= 11 is 0. The maximum atomic E-state index is 12.6. The minimum absolute atomic E-state index is 0.0540. The van der Waals surface area contributed by atoms with Crippen molar-refractivity contribution >= 4 is 43.4 Å². The largest absolute Gasteiger partial charge is 0.382 e. The van der Waals surface area contributed by atoms with E-state index in [0.29, 0.717) is 23.7 Å². The van der Waals surface area contributed by atoms with Gasteiger partial charge in [-0.1, -0.05) is 97.1 Å². The van der Waals surface area contributed by atoms with Gasteiger partial charge in [-0.3, -0.25) is 9.97 Å². The van der Waals surface area contributed by atoms with E-state index in [9.17, 15) is 10.2 Å². The fraction of sp³-hybridized carbons (Fsp3) is 0.333. The monoisotopic (exact) mass is 792 g/mol. The molecule has 6 aliphatic rings. The summed E-state index contributed by atoms with van der Waals surface area (Å²) < 4.78 is 1.68. The van der Waals surface area contributed by atoms with E-state index >= 15 is 0 Å². The first-order chi connectivity index (χ1) is 29.4. The molecule has 0 spiro atoms. The Morgan fingerprint density at radius 2 is 0.900 bits per heavy atom. The van der Waals surface area contributed by atoms with Gasteiger partial charge in [0.1, 0.15) is 37.4 Å². The van der Waals surface area contributed by atoms with Crippen LogP contribution in [-0.4, -0.2) is 67.4 Å². The fourth-order valence-corrected chi connectivity index (χ4v) is 13.2. The Morgan fingerprint density at radius 3 is 1.28 bits per heavy atom. The number of quaternary nitrogens is 2. The van der Waals surface area contributed by atoms with E-state index in [1.807, 2.05) is 36.7 Å². The highest BCUT2D eigenvalue weighted by molar-refractivity contribution is 6.05. The molecule has 2 N–H and O–H groups in total. The standard InChI is InChI=1S/C54H56N4O2/c1-3-35-31-57(27-23-37(35)29-51(57)53(59)45-21-25-55-49-19-11-9-17-43(45)49)33-47-39-13-5-7-15-41(39)48(42-16-8-6-14-40(42)47)34-58-28-24-38(36(4-2)32-58)30-52(58)54(60)46-22-26-56-50-20-12-10-18-44(46)50/h3-22,25-26,35-38,51-54,59-60H,1-2,23-24,27-34H2/q+2/t35-,36-,37-,38+,51+,52-,53+,54+,57?,58?/m0/s1. The van der Waals surface area contributed by atoms with Gasteiger partial charge in [-0.25, -0.2) is 0 Å². The van der Waals surface area contributed by atoms with Gasteiger partial charge in [-0.15, -0.1) is 13.2 Å². The number of aromatic nitrogens is 2. The summed E-state index contributed by atoms with van der Waals surface area (Å²) in [5.74, 6) is 1.90. The number of aliphatic hydroxyl groups is 2. The molecule has 5 aromatic carbocycles. The summed E-state index contributed by atoms with van der Waals surface area (Å²) in [5, 5.41) is 32.6. The lowest BCUT2D eigenvalue weighted by Crippen LogP contribution is -2.67. The molecule has 8 heterocycles. The van der Waals surface area contributed by atoms with Gasteiger partial charge in [0.05, 0.1) is 37.2 Å². The van der Waals surface area contributed by atoms with E-state index in [0.717, 1.165) is 107 Å². The zero-order valence-electron chi connectivity index (χ0n) is 34.5. The predicted molar refractivity (Wildman–Crippen MR) is 243 cm³/mol. The van der Waals surface area contributed by atoms with Crippen molar-refractivity contribution in [1.82, 2.24) is 9.97 Å². The summed E-state index contributed by atoms with van der Waals surface area (Å²) in [7, 11) is 0. The van der Waals surface area contributed by atoms with Crippen molar-refractivity contribution in [2.75, 3.05) is 26.2 Å². The van der Waals surface area contributed by atoms with Gasteiger partial charge in [0, 0.05) is 71.8 Å². The van der Waals surface area contributed by atoms with Crippen molar-refractivity contribution in [1.29, 1.82) is 0 Å². The highest BCUT2D eigenvalue weighted by atomic mass is 16.3. The summed E-state index contributed by atoms with van der Waals surface area (Å²) in [6.45, 7) is 14.4. The number of rotatable bonds is 10. The van der Waals surface area contributed by atoms with Gasteiger partial charge < -0.3 is 19.2 Å². The Balaban J connectivity index is 1.04. The van der Waals surface area contributed by atoms with E-state index in [4.69, 9.17) is 0 Å². The van der Waals surface area contributed by atoms with E-state index in [1.165, 1.54) is 32.7 Å². The van der Waals surface area contributed by atoms with Crippen molar-refractivity contribution in [2.45, 2.75) is 63.1 Å². The smallest absolute Gasteiger partial charge is 0.131 e. The number of hydrogen-bond acceptors (Lipinski definition) is 4. The molecule has 302 valence electrons. The minimum Gasteiger partial charge on any atom is -0.382 e. The molecule has 2 aromatic heterocycles. The molecule has 0 amide bonds. The van der Waals surface area contributed by atoms with E-state index < -0.39 is 12.2 Å². The molecule has 6 fully saturated rings. The van der Waals surface area contributed by atoms with Crippen molar-refractivity contribution in [3.05, 3.63) is 169 Å². The van der Waals surface area contributed by atoms with E-state index in [-0.39, 0.29) is 12.1 Å². The summed E-state index contributed by atoms with van der Waals surface area (Å²) in [6, 6.07) is 39.0. The number of benzene rings is 5. The van der Waals surface area contributed by atoms with Crippen molar-refractivity contribution in [2.24, 2.45) is 23.7 Å². The number of aliphatic hydroxyl groups excluding tert-OH is 2. The van der Waals surface area contributed by atoms with Crippen LogP contribution in [0.3, 0.4) is 0 Å². The highest BCUT2D eigenvalue weighted by Gasteiger charge is 2.56. The molecule has 4 bridgehead atoms. The molecule has 7 aromatic rings. The lowest BCUT2D eigenvalue weighted by molar-refractivity contribution is -0.984. The second-order valence-corrected chi connectivity index (χ2v) is 18.8. The van der Waals surface area contributed by atoms with E-state index in [1.54, 1.807) is 0 Å². The van der Waals surface area contributed by atoms with Crippen LogP contribution < -0.4 is 0 Å². The number of hydrogen-bond donors (Lipinski definition) is 2. The maximum Gasteiger partial charge on any atom is 0.131 e. The summed E-state index contributed by atoms with van der Waals surface area (Å²) in [6.07, 6.45) is 11.2. The normalized spacial score (nSPS) is 29.6. The number of para-hydroxylation sites is 2. The average molecular weight is 793 g/mol. The van der Waals surface area contributed by atoms with Crippen LogP contribution >= 0.6 is 0 Å². The molecule has 6 nitrogen and oxygen atoms in total. The molecule has 0 saturated carbocycles. The Kier molecular flexibility index (Phi) is 9.27. The molecule has 2 unspecified atom stereocenters. The molecular weight excluding hydrogens is 737 g/mol. The molecule has 0 radical (unpaired) electrons. The van der Waals surface area contributed by atoms with Crippen LogP contribution in [0, 0.1) is 23.7 Å². The fourth-order valence-electron chi connectivity index (χ4n) is 13.2. The van der Waals surface area contributed by atoms with Crippen LogP contribution in [0.2, 0.25) is 0 Å². The van der Waals surface area contributed by atoms with Crippen LogP contribution in [0.1, 0.15) is 60.1 Å². The molecule has 6 heteroatoms. The molecular formula is C54H56N4O2+2. The van der Waals surface area contributed by atoms with E-state index in [2.05, 4.69) is 120 Å². The Hall–Kier alpha value is -5.24. The summed E-state index contributed by atoms with van der Waals surface area (Å²) in [5.41, 5.74) is 6.60. The second-order valence-electron chi connectivity index (χ2n) is 18.8. The van der Waals surface area contributed by atoms with Gasteiger partial charge in [0.25, 0.3) is 0 Å².